The maximum atomic E-state index is 13.6. The van der Waals surface area contributed by atoms with E-state index in [1.54, 1.807) is 23.5 Å². The number of benzene rings is 1. The molecule has 1 heterocycles. The molecule has 96 valence electrons. The SMILES string of the molecule is Cc1ccsc1C(CN)Oc1cc(Br)ccc1F. The van der Waals surface area contributed by atoms with Crippen molar-refractivity contribution in [3.8, 4) is 5.75 Å². The van der Waals surface area contributed by atoms with Crippen LogP contribution in [0.1, 0.15) is 16.5 Å². The van der Waals surface area contributed by atoms with Gasteiger partial charge < -0.3 is 10.5 Å². The Morgan fingerprint density at radius 1 is 1.44 bits per heavy atom. The van der Waals surface area contributed by atoms with Gasteiger partial charge in [0.25, 0.3) is 0 Å². The second-order valence-electron chi connectivity index (χ2n) is 3.88. The number of ether oxygens (including phenoxy) is 1. The molecule has 1 unspecified atom stereocenters. The number of nitrogens with two attached hydrogens (primary N) is 1. The molecule has 0 bridgehead atoms. The van der Waals surface area contributed by atoms with Crippen LogP contribution in [0.4, 0.5) is 4.39 Å². The largest absolute Gasteiger partial charge is 0.480 e. The van der Waals surface area contributed by atoms with E-state index in [0.717, 1.165) is 14.9 Å². The van der Waals surface area contributed by atoms with Crippen molar-refractivity contribution in [1.82, 2.24) is 0 Å². The van der Waals surface area contributed by atoms with Crippen LogP contribution < -0.4 is 10.5 Å². The van der Waals surface area contributed by atoms with Gasteiger partial charge in [-0.25, -0.2) is 4.39 Å². The van der Waals surface area contributed by atoms with Crippen LogP contribution in [0.15, 0.2) is 34.1 Å². The summed E-state index contributed by atoms with van der Waals surface area (Å²) in [6.45, 7) is 2.31. The van der Waals surface area contributed by atoms with Crippen molar-refractivity contribution in [3.63, 3.8) is 0 Å². The number of halogens is 2. The molecule has 2 N–H and O–H groups in total. The highest BCUT2D eigenvalue weighted by atomic mass is 79.9. The summed E-state index contributed by atoms with van der Waals surface area (Å²) in [7, 11) is 0. The van der Waals surface area contributed by atoms with Gasteiger partial charge in [0.1, 0.15) is 6.10 Å². The quantitative estimate of drug-likeness (QED) is 0.918. The summed E-state index contributed by atoms with van der Waals surface area (Å²) >= 11 is 4.87. The monoisotopic (exact) mass is 329 g/mol. The molecule has 5 heteroatoms. The molecular formula is C13H13BrFNOS. The summed E-state index contributed by atoms with van der Waals surface area (Å²) < 4.78 is 20.1. The van der Waals surface area contributed by atoms with Gasteiger partial charge in [-0.15, -0.1) is 11.3 Å². The normalized spacial score (nSPS) is 12.4. The Bertz CT molecular complexity index is 544. The predicted octanol–water partition coefficient (Wildman–Crippen LogP) is 4.04. The highest BCUT2D eigenvalue weighted by molar-refractivity contribution is 9.10. The van der Waals surface area contributed by atoms with Crippen molar-refractivity contribution in [2.45, 2.75) is 13.0 Å². The molecule has 1 atom stereocenters. The van der Waals surface area contributed by atoms with Gasteiger partial charge in [0.05, 0.1) is 0 Å². The second kappa shape index (κ2) is 5.82. The zero-order valence-electron chi connectivity index (χ0n) is 9.82. The minimum Gasteiger partial charge on any atom is -0.480 e. The van der Waals surface area contributed by atoms with Crippen LogP contribution in [-0.2, 0) is 0 Å². The van der Waals surface area contributed by atoms with Gasteiger partial charge in [-0.05, 0) is 42.1 Å². The zero-order valence-corrected chi connectivity index (χ0v) is 12.2. The third kappa shape index (κ3) is 2.91. The molecule has 0 saturated carbocycles. The number of aryl methyl sites for hydroxylation is 1. The number of thiophene rings is 1. The molecule has 18 heavy (non-hydrogen) atoms. The summed E-state index contributed by atoms with van der Waals surface area (Å²) in [4.78, 5) is 1.04. The molecule has 0 fully saturated rings. The molecule has 2 rings (SSSR count). The van der Waals surface area contributed by atoms with Crippen LogP contribution in [0.25, 0.3) is 0 Å². The molecule has 0 aliphatic heterocycles. The highest BCUT2D eigenvalue weighted by Gasteiger charge is 2.17. The molecule has 2 nitrogen and oxygen atoms in total. The molecule has 0 amide bonds. The maximum Gasteiger partial charge on any atom is 0.165 e. The van der Waals surface area contributed by atoms with E-state index in [1.807, 2.05) is 18.4 Å². The molecule has 0 radical (unpaired) electrons. The van der Waals surface area contributed by atoms with E-state index in [1.165, 1.54) is 6.07 Å². The standard InChI is InChI=1S/C13H13BrFNOS/c1-8-4-5-18-13(8)12(7-16)17-11-6-9(14)2-3-10(11)15/h2-6,12H,7,16H2,1H3. The minimum atomic E-state index is -0.383. The zero-order chi connectivity index (χ0) is 13.1. The average Bonchev–Trinajstić information content (AvgIpc) is 2.77. The van der Waals surface area contributed by atoms with Crippen molar-refractivity contribution in [2.24, 2.45) is 5.73 Å². The summed E-state index contributed by atoms with van der Waals surface area (Å²) in [5, 5.41) is 1.98. The predicted molar refractivity (Wildman–Crippen MR) is 75.6 cm³/mol. The van der Waals surface area contributed by atoms with Gasteiger partial charge in [0.15, 0.2) is 11.6 Å². The van der Waals surface area contributed by atoms with Crippen molar-refractivity contribution in [1.29, 1.82) is 0 Å². The fraction of sp³-hybridized carbons (Fsp3) is 0.231. The first kappa shape index (κ1) is 13.5. The Labute approximate surface area is 118 Å². The first-order chi connectivity index (χ1) is 8.61. The van der Waals surface area contributed by atoms with Gasteiger partial charge in [-0.2, -0.15) is 0 Å². The Kier molecular flexibility index (Phi) is 4.37. The van der Waals surface area contributed by atoms with Gasteiger partial charge in [0.2, 0.25) is 0 Å². The molecular weight excluding hydrogens is 317 g/mol. The molecule has 0 spiro atoms. The molecule has 0 saturated heterocycles. The van der Waals surface area contributed by atoms with Crippen LogP contribution in [0.3, 0.4) is 0 Å². The smallest absolute Gasteiger partial charge is 0.165 e. The van der Waals surface area contributed by atoms with Gasteiger partial charge in [0, 0.05) is 15.9 Å². The Hall–Kier alpha value is -0.910. The molecule has 1 aromatic heterocycles. The first-order valence-electron chi connectivity index (χ1n) is 5.47. The summed E-state index contributed by atoms with van der Waals surface area (Å²) in [6.07, 6.45) is -0.311. The summed E-state index contributed by atoms with van der Waals surface area (Å²) in [6, 6.07) is 6.62. The lowest BCUT2D eigenvalue weighted by Gasteiger charge is -2.17. The van der Waals surface area contributed by atoms with E-state index in [4.69, 9.17) is 10.5 Å². The summed E-state index contributed by atoms with van der Waals surface area (Å²) in [5.74, 6) is -0.168. The lowest BCUT2D eigenvalue weighted by molar-refractivity contribution is 0.207. The molecule has 2 aromatic rings. The van der Waals surface area contributed by atoms with E-state index in [9.17, 15) is 4.39 Å². The number of hydrogen-bond donors (Lipinski definition) is 1. The average molecular weight is 330 g/mol. The Balaban J connectivity index is 2.26. The van der Waals surface area contributed by atoms with Gasteiger partial charge in [-0.1, -0.05) is 15.9 Å². The third-order valence-corrected chi connectivity index (χ3v) is 4.17. The van der Waals surface area contributed by atoms with Crippen molar-refractivity contribution < 1.29 is 9.13 Å². The van der Waals surface area contributed by atoms with Crippen molar-refractivity contribution in [3.05, 3.63) is 50.4 Å². The van der Waals surface area contributed by atoms with Crippen molar-refractivity contribution >= 4 is 27.3 Å². The van der Waals surface area contributed by atoms with Crippen molar-refractivity contribution in [2.75, 3.05) is 6.54 Å². The van der Waals surface area contributed by atoms with E-state index in [2.05, 4.69) is 15.9 Å². The van der Waals surface area contributed by atoms with E-state index < -0.39 is 0 Å². The van der Waals surface area contributed by atoms with Crippen LogP contribution in [0, 0.1) is 12.7 Å². The van der Waals surface area contributed by atoms with Gasteiger partial charge >= 0.3 is 0 Å². The van der Waals surface area contributed by atoms with E-state index in [-0.39, 0.29) is 17.7 Å². The number of hydrogen-bond acceptors (Lipinski definition) is 3. The van der Waals surface area contributed by atoms with E-state index >= 15 is 0 Å². The highest BCUT2D eigenvalue weighted by Crippen LogP contribution is 2.30. The Morgan fingerprint density at radius 2 is 2.22 bits per heavy atom. The maximum absolute atomic E-state index is 13.6. The number of rotatable bonds is 4. The van der Waals surface area contributed by atoms with Crippen LogP contribution in [0.2, 0.25) is 0 Å². The topological polar surface area (TPSA) is 35.2 Å². The first-order valence-corrected chi connectivity index (χ1v) is 7.15. The fourth-order valence-electron chi connectivity index (χ4n) is 1.64. The molecule has 1 aromatic carbocycles. The molecule has 0 aliphatic rings. The van der Waals surface area contributed by atoms with Crippen LogP contribution in [-0.4, -0.2) is 6.54 Å². The second-order valence-corrected chi connectivity index (χ2v) is 5.75. The van der Waals surface area contributed by atoms with Crippen LogP contribution in [0.5, 0.6) is 5.75 Å². The lowest BCUT2D eigenvalue weighted by atomic mass is 10.2. The minimum absolute atomic E-state index is 0.215. The lowest BCUT2D eigenvalue weighted by Crippen LogP contribution is -2.18. The summed E-state index contributed by atoms with van der Waals surface area (Å²) in [5.41, 5.74) is 6.83. The van der Waals surface area contributed by atoms with E-state index in [0.29, 0.717) is 6.54 Å². The van der Waals surface area contributed by atoms with Gasteiger partial charge in [-0.3, -0.25) is 0 Å². The molecule has 0 aliphatic carbocycles. The Morgan fingerprint density at radius 3 is 2.83 bits per heavy atom. The van der Waals surface area contributed by atoms with Crippen LogP contribution >= 0.6 is 27.3 Å². The third-order valence-electron chi connectivity index (χ3n) is 2.57. The fourth-order valence-corrected chi connectivity index (χ4v) is 2.95.